The number of carbonyl (C=O) groups excluding carboxylic acids is 2. The fourth-order valence-corrected chi connectivity index (χ4v) is 4.80. The number of para-hydroxylation sites is 2. The van der Waals surface area contributed by atoms with E-state index in [9.17, 15) is 9.59 Å². The Morgan fingerprint density at radius 1 is 1.32 bits per heavy atom. The van der Waals surface area contributed by atoms with E-state index in [1.54, 1.807) is 16.7 Å². The maximum absolute atomic E-state index is 12.9. The molecule has 2 aliphatic rings. The van der Waals surface area contributed by atoms with Gasteiger partial charge >= 0.3 is 5.97 Å². The van der Waals surface area contributed by atoms with Gasteiger partial charge in [-0.1, -0.05) is 12.1 Å². The number of thioether (sulfide) groups is 1. The molecule has 1 aromatic carbocycles. The second-order valence-corrected chi connectivity index (χ2v) is 9.25. The molecule has 28 heavy (non-hydrogen) atoms. The maximum atomic E-state index is 12.9. The van der Waals surface area contributed by atoms with Crippen LogP contribution in [0, 0.1) is 0 Å². The average Bonchev–Trinajstić information content (AvgIpc) is 2.94. The molecule has 2 aromatic rings. The third-order valence-electron chi connectivity index (χ3n) is 4.82. The number of esters is 1. The molecule has 7 nitrogen and oxygen atoms in total. The molecule has 1 amide bonds. The number of carbonyl (C=O) groups is 2. The number of aromatic nitrogens is 2. The number of β-lactam (4-membered cyclic amide) rings is 1. The summed E-state index contributed by atoms with van der Waals surface area (Å²) in [6.45, 7) is 7.35. The molecule has 0 saturated carbocycles. The first kappa shape index (κ1) is 18.9. The standard InChI is InChI=1S/C20H24N4O3S/c1-11-10-28-17-14(16(25)24(17)15(11)18(26)27-20(2,3)4)22-19-21-12-8-6-7-9-13(12)23(19)5/h6-9,14,17H,10H2,1-5H3,(H,21,22)/t14?,17-/m1/s1. The fourth-order valence-electron chi connectivity index (χ4n) is 3.50. The van der Waals surface area contributed by atoms with E-state index in [1.807, 2.05) is 63.6 Å². The summed E-state index contributed by atoms with van der Waals surface area (Å²) in [6.07, 6.45) is 0. The van der Waals surface area contributed by atoms with Crippen molar-refractivity contribution >= 4 is 40.6 Å². The van der Waals surface area contributed by atoms with Crippen molar-refractivity contribution < 1.29 is 14.3 Å². The Kier molecular flexibility index (Phi) is 4.41. The highest BCUT2D eigenvalue weighted by molar-refractivity contribution is 8.00. The highest BCUT2D eigenvalue weighted by Crippen LogP contribution is 2.42. The predicted molar refractivity (Wildman–Crippen MR) is 110 cm³/mol. The Morgan fingerprint density at radius 3 is 2.71 bits per heavy atom. The number of ether oxygens (including phenoxy) is 1. The van der Waals surface area contributed by atoms with Gasteiger partial charge in [0.2, 0.25) is 5.95 Å². The number of hydrogen-bond acceptors (Lipinski definition) is 6. The summed E-state index contributed by atoms with van der Waals surface area (Å²) in [5.74, 6) is 0.753. The van der Waals surface area contributed by atoms with Crippen LogP contribution in [0.3, 0.4) is 0 Å². The Hall–Kier alpha value is -2.48. The molecule has 3 heterocycles. The molecule has 1 fully saturated rings. The van der Waals surface area contributed by atoms with Gasteiger partial charge in [0.05, 0.1) is 11.0 Å². The van der Waals surface area contributed by atoms with E-state index in [2.05, 4.69) is 10.3 Å². The van der Waals surface area contributed by atoms with Crippen LogP contribution in [0.1, 0.15) is 27.7 Å². The number of imidazole rings is 1. The lowest BCUT2D eigenvalue weighted by molar-refractivity contribution is -0.157. The summed E-state index contributed by atoms with van der Waals surface area (Å²) in [6, 6.07) is 7.41. The Morgan fingerprint density at radius 2 is 2.04 bits per heavy atom. The summed E-state index contributed by atoms with van der Waals surface area (Å²) in [7, 11) is 1.92. The van der Waals surface area contributed by atoms with E-state index in [0.29, 0.717) is 17.4 Å². The number of hydrogen-bond donors (Lipinski definition) is 1. The zero-order chi connectivity index (χ0) is 20.2. The van der Waals surface area contributed by atoms with Crippen LogP contribution < -0.4 is 5.32 Å². The van der Waals surface area contributed by atoms with Crippen LogP contribution in [-0.2, 0) is 21.4 Å². The number of nitrogens with one attached hydrogen (secondary N) is 1. The number of benzene rings is 1. The van der Waals surface area contributed by atoms with Crippen molar-refractivity contribution in [3.8, 4) is 0 Å². The molecule has 1 saturated heterocycles. The Balaban J connectivity index is 1.57. The number of amides is 1. The first-order chi connectivity index (χ1) is 13.2. The van der Waals surface area contributed by atoms with Gasteiger partial charge in [-0.05, 0) is 45.4 Å². The minimum absolute atomic E-state index is 0.135. The molecule has 1 aromatic heterocycles. The zero-order valence-electron chi connectivity index (χ0n) is 16.6. The van der Waals surface area contributed by atoms with Crippen molar-refractivity contribution in [2.45, 2.75) is 44.7 Å². The third kappa shape index (κ3) is 3.05. The molecular weight excluding hydrogens is 376 g/mol. The lowest BCUT2D eigenvalue weighted by Crippen LogP contribution is -2.67. The maximum Gasteiger partial charge on any atom is 0.355 e. The summed E-state index contributed by atoms with van der Waals surface area (Å²) in [5, 5.41) is 3.12. The number of nitrogens with zero attached hydrogens (tertiary/aromatic N) is 3. The van der Waals surface area contributed by atoms with Crippen molar-refractivity contribution in [3.63, 3.8) is 0 Å². The van der Waals surface area contributed by atoms with Crippen molar-refractivity contribution in [2.24, 2.45) is 7.05 Å². The predicted octanol–water partition coefficient (Wildman–Crippen LogP) is 2.88. The smallest absolute Gasteiger partial charge is 0.355 e. The number of anilines is 1. The van der Waals surface area contributed by atoms with Crippen molar-refractivity contribution in [2.75, 3.05) is 11.1 Å². The SMILES string of the molecule is CC1=C(C(=O)OC(C)(C)C)N2C(=O)C(Nc3nc4ccccc4n3C)[C@H]2SC1. The van der Waals surface area contributed by atoms with Gasteiger partial charge in [0.25, 0.3) is 5.91 Å². The van der Waals surface area contributed by atoms with E-state index in [-0.39, 0.29) is 11.3 Å². The molecule has 0 bridgehead atoms. The van der Waals surface area contributed by atoms with Crippen LogP contribution in [0.5, 0.6) is 0 Å². The first-order valence-corrected chi connectivity index (χ1v) is 10.3. The van der Waals surface area contributed by atoms with E-state index >= 15 is 0 Å². The van der Waals surface area contributed by atoms with Gasteiger partial charge in [-0.15, -0.1) is 11.8 Å². The average molecular weight is 401 g/mol. The normalized spacial score (nSPS) is 22.2. The molecule has 1 unspecified atom stereocenters. The molecule has 148 valence electrons. The van der Waals surface area contributed by atoms with Crippen LogP contribution in [0.25, 0.3) is 11.0 Å². The van der Waals surface area contributed by atoms with Gasteiger partial charge in [0, 0.05) is 12.8 Å². The summed E-state index contributed by atoms with van der Waals surface area (Å²) >= 11 is 1.64. The topological polar surface area (TPSA) is 76.5 Å². The minimum atomic E-state index is -0.608. The van der Waals surface area contributed by atoms with Crippen LogP contribution >= 0.6 is 11.8 Å². The molecule has 1 N–H and O–H groups in total. The van der Waals surface area contributed by atoms with Gasteiger partial charge in [0.1, 0.15) is 22.7 Å². The molecule has 4 rings (SSSR count). The van der Waals surface area contributed by atoms with Crippen LogP contribution in [-0.4, -0.2) is 49.1 Å². The van der Waals surface area contributed by atoms with Crippen molar-refractivity contribution in [3.05, 3.63) is 35.5 Å². The molecular formula is C20H24N4O3S. The summed E-state index contributed by atoms with van der Waals surface area (Å²) < 4.78 is 7.46. The van der Waals surface area contributed by atoms with E-state index < -0.39 is 17.6 Å². The molecule has 2 aliphatic heterocycles. The van der Waals surface area contributed by atoms with Gasteiger partial charge in [-0.25, -0.2) is 9.78 Å². The first-order valence-electron chi connectivity index (χ1n) is 9.23. The molecule has 8 heteroatoms. The summed E-state index contributed by atoms with van der Waals surface area (Å²) in [4.78, 5) is 31.8. The van der Waals surface area contributed by atoms with Crippen LogP contribution in [0.2, 0.25) is 0 Å². The van der Waals surface area contributed by atoms with E-state index in [0.717, 1.165) is 16.6 Å². The Bertz CT molecular complexity index is 1000. The van der Waals surface area contributed by atoms with E-state index in [4.69, 9.17) is 4.74 Å². The molecule has 0 radical (unpaired) electrons. The highest BCUT2D eigenvalue weighted by atomic mass is 32.2. The van der Waals surface area contributed by atoms with Crippen LogP contribution in [0.4, 0.5) is 5.95 Å². The van der Waals surface area contributed by atoms with Gasteiger partial charge in [0.15, 0.2) is 0 Å². The minimum Gasteiger partial charge on any atom is -0.455 e. The largest absolute Gasteiger partial charge is 0.455 e. The zero-order valence-corrected chi connectivity index (χ0v) is 17.5. The number of fused-ring (bicyclic) bond motifs is 2. The van der Waals surface area contributed by atoms with Crippen molar-refractivity contribution in [1.82, 2.24) is 14.5 Å². The number of aryl methyl sites for hydroxylation is 1. The molecule has 0 aliphatic carbocycles. The van der Waals surface area contributed by atoms with E-state index in [1.165, 1.54) is 0 Å². The number of rotatable bonds is 3. The van der Waals surface area contributed by atoms with Gasteiger partial charge in [-0.3, -0.25) is 9.69 Å². The molecule has 2 atom stereocenters. The Labute approximate surface area is 168 Å². The lowest BCUT2D eigenvalue weighted by atomic mass is 10.0. The summed E-state index contributed by atoms with van der Waals surface area (Å²) in [5.41, 5.74) is 2.51. The quantitative estimate of drug-likeness (QED) is 0.631. The van der Waals surface area contributed by atoms with Crippen LogP contribution in [0.15, 0.2) is 35.5 Å². The second kappa shape index (κ2) is 6.55. The second-order valence-electron chi connectivity index (χ2n) is 8.15. The monoisotopic (exact) mass is 400 g/mol. The highest BCUT2D eigenvalue weighted by Gasteiger charge is 2.54. The van der Waals surface area contributed by atoms with Gasteiger partial charge in [-0.2, -0.15) is 0 Å². The fraction of sp³-hybridized carbons (Fsp3) is 0.450. The van der Waals surface area contributed by atoms with Crippen molar-refractivity contribution in [1.29, 1.82) is 0 Å². The lowest BCUT2D eigenvalue weighted by Gasteiger charge is -2.49. The van der Waals surface area contributed by atoms with Gasteiger partial charge < -0.3 is 14.6 Å². The third-order valence-corrected chi connectivity index (χ3v) is 6.25. The molecule has 0 spiro atoms.